The monoisotopic (exact) mass is 369 g/mol. The number of nitrogens with one attached hydrogen (secondary N) is 2. The molecule has 1 amide bonds. The average molecular weight is 369 g/mol. The molecule has 1 aliphatic rings. The van der Waals surface area contributed by atoms with Crippen LogP contribution in [-0.4, -0.2) is 49.4 Å². The van der Waals surface area contributed by atoms with Crippen LogP contribution in [0.1, 0.15) is 33.6 Å². The highest BCUT2D eigenvalue weighted by molar-refractivity contribution is 7.89. The molecule has 0 aromatic heterocycles. The van der Waals surface area contributed by atoms with Gasteiger partial charge in [0.05, 0.1) is 10.6 Å². The largest absolute Gasteiger partial charge is 0.506 e. The quantitative estimate of drug-likeness (QED) is 0.664. The maximum Gasteiger partial charge on any atom is 0.243 e. The van der Waals surface area contributed by atoms with Crippen LogP contribution in [0.5, 0.6) is 5.75 Å². The number of carbonyl (C=O) groups excluding carboxylic acids is 1. The number of phenolic OH excluding ortho intramolecular Hbond substituents is 1. The van der Waals surface area contributed by atoms with Crippen molar-refractivity contribution in [3.05, 3.63) is 18.2 Å². The van der Waals surface area contributed by atoms with Gasteiger partial charge in [0.2, 0.25) is 15.9 Å². The predicted molar refractivity (Wildman–Crippen MR) is 97.0 cm³/mol. The first-order valence-electron chi connectivity index (χ1n) is 8.67. The zero-order valence-electron chi connectivity index (χ0n) is 14.9. The highest BCUT2D eigenvalue weighted by atomic mass is 32.2. The molecule has 0 unspecified atom stereocenters. The first-order valence-corrected chi connectivity index (χ1v) is 10.1. The molecule has 0 radical (unpaired) electrons. The third kappa shape index (κ3) is 4.50. The number of anilines is 1. The third-order valence-electron chi connectivity index (χ3n) is 4.56. The number of piperidine rings is 1. The van der Waals surface area contributed by atoms with E-state index in [1.165, 1.54) is 22.5 Å². The lowest BCUT2D eigenvalue weighted by molar-refractivity contribution is -0.120. The Hall–Kier alpha value is -1.64. The molecular weight excluding hydrogens is 342 g/mol. The molecular formula is C17H27N3O4S. The van der Waals surface area contributed by atoms with Gasteiger partial charge < -0.3 is 15.7 Å². The Morgan fingerprint density at radius 1 is 1.36 bits per heavy atom. The van der Waals surface area contributed by atoms with Crippen molar-refractivity contribution >= 4 is 21.6 Å². The molecule has 1 aromatic rings. The minimum Gasteiger partial charge on any atom is -0.506 e. The summed E-state index contributed by atoms with van der Waals surface area (Å²) in [5.41, 5.74) is 0.129. The van der Waals surface area contributed by atoms with Gasteiger partial charge in [-0.15, -0.1) is 0 Å². The summed E-state index contributed by atoms with van der Waals surface area (Å²) in [5.74, 6) is -0.492. The Bertz CT molecular complexity index is 717. The highest BCUT2D eigenvalue weighted by Gasteiger charge is 2.27. The molecule has 1 aromatic carbocycles. The van der Waals surface area contributed by atoms with Crippen molar-refractivity contribution in [2.45, 2.75) is 44.6 Å². The molecule has 1 fully saturated rings. The van der Waals surface area contributed by atoms with Crippen LogP contribution in [0.2, 0.25) is 0 Å². The molecule has 1 heterocycles. The molecule has 1 aliphatic heterocycles. The van der Waals surface area contributed by atoms with Crippen molar-refractivity contribution in [2.24, 2.45) is 5.92 Å². The molecule has 7 nitrogen and oxygen atoms in total. The number of amides is 1. The van der Waals surface area contributed by atoms with E-state index in [4.69, 9.17) is 0 Å². The van der Waals surface area contributed by atoms with Crippen LogP contribution in [0.4, 0.5) is 5.69 Å². The number of phenols is 1. The van der Waals surface area contributed by atoms with E-state index in [1.54, 1.807) is 13.8 Å². The van der Waals surface area contributed by atoms with Crippen molar-refractivity contribution < 1.29 is 18.3 Å². The van der Waals surface area contributed by atoms with Gasteiger partial charge in [-0.1, -0.05) is 13.8 Å². The number of carbonyl (C=O) groups is 1. The Morgan fingerprint density at radius 3 is 2.64 bits per heavy atom. The number of hydrogen-bond donors (Lipinski definition) is 3. The molecule has 0 saturated carbocycles. The highest BCUT2D eigenvalue weighted by Crippen LogP contribution is 2.29. The van der Waals surface area contributed by atoms with E-state index < -0.39 is 10.0 Å². The molecule has 8 heteroatoms. The maximum absolute atomic E-state index is 12.6. The van der Waals surface area contributed by atoms with Gasteiger partial charge in [0.1, 0.15) is 5.75 Å². The van der Waals surface area contributed by atoms with Crippen molar-refractivity contribution in [2.75, 3.05) is 25.0 Å². The van der Waals surface area contributed by atoms with Gasteiger partial charge in [-0.2, -0.15) is 4.31 Å². The summed E-state index contributed by atoms with van der Waals surface area (Å²) < 4.78 is 26.6. The van der Waals surface area contributed by atoms with E-state index in [0.717, 1.165) is 6.54 Å². The van der Waals surface area contributed by atoms with Gasteiger partial charge in [-0.3, -0.25) is 4.79 Å². The van der Waals surface area contributed by atoms with Crippen molar-refractivity contribution in [3.63, 3.8) is 0 Å². The molecule has 2 atom stereocenters. The molecule has 140 valence electrons. The van der Waals surface area contributed by atoms with Crippen molar-refractivity contribution in [1.29, 1.82) is 0 Å². The van der Waals surface area contributed by atoms with E-state index in [1.807, 2.05) is 6.92 Å². The van der Waals surface area contributed by atoms with Crippen LogP contribution in [0, 0.1) is 5.92 Å². The van der Waals surface area contributed by atoms with E-state index in [9.17, 15) is 18.3 Å². The minimum absolute atomic E-state index is 0.0583. The van der Waals surface area contributed by atoms with Gasteiger partial charge in [-0.25, -0.2) is 8.42 Å². The minimum atomic E-state index is -3.65. The molecule has 25 heavy (non-hydrogen) atoms. The number of hydrogen-bond acceptors (Lipinski definition) is 5. The van der Waals surface area contributed by atoms with Crippen LogP contribution < -0.4 is 10.6 Å². The molecule has 1 saturated heterocycles. The third-order valence-corrected chi connectivity index (χ3v) is 6.61. The molecule has 3 N–H and O–H groups in total. The standard InChI is InChI=1S/C17H27N3O4S/c1-4-20(5-2)25(23,24)14-6-7-16(21)15(11-14)19-17(22)13-8-9-18-12(3)10-13/h6-7,11-13,18,21H,4-5,8-10H2,1-3H3,(H,19,22)/t12-,13-/m0/s1. The smallest absolute Gasteiger partial charge is 0.243 e. The second-order valence-corrected chi connectivity index (χ2v) is 8.27. The van der Waals surface area contributed by atoms with Crippen LogP contribution in [-0.2, 0) is 14.8 Å². The van der Waals surface area contributed by atoms with Crippen LogP contribution >= 0.6 is 0 Å². The molecule has 0 bridgehead atoms. The summed E-state index contributed by atoms with van der Waals surface area (Å²) in [6.45, 7) is 7.03. The van der Waals surface area contributed by atoms with Gasteiger partial charge in [0, 0.05) is 25.0 Å². The zero-order chi connectivity index (χ0) is 18.6. The first-order chi connectivity index (χ1) is 11.8. The topological polar surface area (TPSA) is 98.7 Å². The van der Waals surface area contributed by atoms with Gasteiger partial charge in [0.25, 0.3) is 0 Å². The average Bonchev–Trinajstić information content (AvgIpc) is 2.57. The lowest BCUT2D eigenvalue weighted by atomic mass is 9.92. The number of sulfonamides is 1. The number of nitrogens with zero attached hydrogens (tertiary/aromatic N) is 1. The second kappa shape index (κ2) is 8.16. The first kappa shape index (κ1) is 19.7. The Balaban J connectivity index is 2.23. The fourth-order valence-electron chi connectivity index (χ4n) is 3.09. The van der Waals surface area contributed by atoms with Crippen molar-refractivity contribution in [1.82, 2.24) is 9.62 Å². The lowest BCUT2D eigenvalue weighted by Crippen LogP contribution is -2.40. The van der Waals surface area contributed by atoms with Gasteiger partial charge >= 0.3 is 0 Å². The van der Waals surface area contributed by atoms with E-state index >= 15 is 0 Å². The number of rotatable bonds is 6. The Kier molecular flexibility index (Phi) is 6.42. The Labute approximate surface area is 149 Å². The molecule has 2 rings (SSSR count). The zero-order valence-corrected chi connectivity index (χ0v) is 15.8. The van der Waals surface area contributed by atoms with Crippen LogP contribution in [0.3, 0.4) is 0 Å². The Morgan fingerprint density at radius 2 is 2.04 bits per heavy atom. The SMILES string of the molecule is CCN(CC)S(=O)(=O)c1ccc(O)c(NC(=O)[C@H]2CCN[C@@H](C)C2)c1. The van der Waals surface area contributed by atoms with Gasteiger partial charge in [-0.05, 0) is 44.5 Å². The number of aromatic hydroxyl groups is 1. The lowest BCUT2D eigenvalue weighted by Gasteiger charge is -2.27. The summed E-state index contributed by atoms with van der Waals surface area (Å²) in [7, 11) is -3.65. The van der Waals surface area contributed by atoms with E-state index in [2.05, 4.69) is 10.6 Å². The van der Waals surface area contributed by atoms with E-state index in [-0.39, 0.29) is 34.2 Å². The molecule has 0 spiro atoms. The fraction of sp³-hybridized carbons (Fsp3) is 0.588. The second-order valence-electron chi connectivity index (χ2n) is 6.33. The normalized spacial score (nSPS) is 21.3. The summed E-state index contributed by atoms with van der Waals surface area (Å²) in [6, 6.07) is 4.24. The number of benzene rings is 1. The predicted octanol–water partition coefficient (Wildman–Crippen LogP) is 1.75. The molecule has 0 aliphatic carbocycles. The maximum atomic E-state index is 12.6. The summed E-state index contributed by atoms with van der Waals surface area (Å²) in [5, 5.41) is 16.0. The van der Waals surface area contributed by atoms with E-state index in [0.29, 0.717) is 25.9 Å². The van der Waals surface area contributed by atoms with Gasteiger partial charge in [0.15, 0.2) is 0 Å². The summed E-state index contributed by atoms with van der Waals surface area (Å²) >= 11 is 0. The summed E-state index contributed by atoms with van der Waals surface area (Å²) in [6.07, 6.45) is 1.43. The van der Waals surface area contributed by atoms with Crippen molar-refractivity contribution in [3.8, 4) is 5.75 Å². The fourth-order valence-corrected chi connectivity index (χ4v) is 4.58. The van der Waals surface area contributed by atoms with Crippen LogP contribution in [0.25, 0.3) is 0 Å². The summed E-state index contributed by atoms with van der Waals surface area (Å²) in [4.78, 5) is 12.5. The van der Waals surface area contributed by atoms with Crippen LogP contribution in [0.15, 0.2) is 23.1 Å².